The fraction of sp³-hybridized carbons (Fsp3) is 0.375. The first-order valence-corrected chi connectivity index (χ1v) is 6.10. The number of hydrogen-bond acceptors (Lipinski definition) is 7. The van der Waals surface area contributed by atoms with E-state index in [2.05, 4.69) is 15.1 Å². The Morgan fingerprint density at radius 3 is 2.73 bits per heavy atom. The summed E-state index contributed by atoms with van der Waals surface area (Å²) in [5.41, 5.74) is 6.56. The second-order valence-electron chi connectivity index (χ2n) is 2.94. The van der Waals surface area contributed by atoms with Crippen molar-refractivity contribution < 1.29 is 4.52 Å². The fourth-order valence-electron chi connectivity index (χ4n) is 1.07. The van der Waals surface area contributed by atoms with Crippen LogP contribution >= 0.6 is 23.1 Å². The van der Waals surface area contributed by atoms with Gasteiger partial charge < -0.3 is 10.3 Å². The monoisotopic (exact) mass is 242 g/mol. The molecule has 80 valence electrons. The normalized spacial score (nSPS) is 10.8. The average Bonchev–Trinajstić information content (AvgIpc) is 2.70. The maximum atomic E-state index is 5.60. The molecule has 0 radical (unpaired) electrons. The molecule has 0 aliphatic rings. The molecule has 0 fully saturated rings. The molecule has 0 bridgehead atoms. The Labute approximate surface area is 95.1 Å². The van der Waals surface area contributed by atoms with Crippen molar-refractivity contribution in [2.75, 3.05) is 5.73 Å². The summed E-state index contributed by atoms with van der Waals surface area (Å²) in [6.45, 7) is 3.72. The summed E-state index contributed by atoms with van der Waals surface area (Å²) in [6.07, 6.45) is 0. The maximum absolute atomic E-state index is 5.60. The molecule has 0 saturated carbocycles. The zero-order valence-corrected chi connectivity index (χ0v) is 9.98. The predicted molar refractivity (Wildman–Crippen MR) is 59.9 cm³/mol. The van der Waals surface area contributed by atoms with Gasteiger partial charge in [-0.25, -0.2) is 4.98 Å². The molecular formula is C8H10N4OS2. The summed E-state index contributed by atoms with van der Waals surface area (Å²) in [5, 5.41) is 4.41. The zero-order valence-electron chi connectivity index (χ0n) is 8.35. The highest BCUT2D eigenvalue weighted by molar-refractivity contribution is 8.00. The Morgan fingerprint density at radius 2 is 2.20 bits per heavy atom. The molecule has 7 heteroatoms. The number of anilines is 1. The molecule has 0 atom stereocenters. The van der Waals surface area contributed by atoms with Crippen molar-refractivity contribution in [1.29, 1.82) is 0 Å². The number of nitrogens with zero attached hydrogens (tertiary/aromatic N) is 3. The molecule has 2 N–H and O–H groups in total. The van der Waals surface area contributed by atoms with Gasteiger partial charge in [-0.15, -0.1) is 11.8 Å². The highest BCUT2D eigenvalue weighted by Crippen LogP contribution is 2.32. The predicted octanol–water partition coefficient (Wildman–Crippen LogP) is 2.02. The minimum atomic E-state index is 0.589. The van der Waals surface area contributed by atoms with Gasteiger partial charge in [0, 0.05) is 6.92 Å². The summed E-state index contributed by atoms with van der Waals surface area (Å²) in [7, 11) is 0. The van der Waals surface area contributed by atoms with Crippen LogP contribution in [0.3, 0.4) is 0 Å². The van der Waals surface area contributed by atoms with Crippen molar-refractivity contribution in [3.8, 4) is 0 Å². The molecule has 2 aromatic rings. The van der Waals surface area contributed by atoms with Gasteiger partial charge in [-0.1, -0.05) is 16.5 Å². The molecule has 0 saturated heterocycles. The average molecular weight is 242 g/mol. The molecule has 0 spiro atoms. The molecule has 2 heterocycles. The minimum Gasteiger partial charge on any atom is -0.375 e. The third-order valence-corrected chi connectivity index (χ3v) is 4.02. The lowest BCUT2D eigenvalue weighted by Gasteiger charge is -1.93. The van der Waals surface area contributed by atoms with E-state index < -0.39 is 0 Å². The molecule has 2 rings (SSSR count). The first-order chi connectivity index (χ1) is 7.15. The van der Waals surface area contributed by atoms with E-state index in [1.807, 2.05) is 6.92 Å². The van der Waals surface area contributed by atoms with Crippen molar-refractivity contribution in [1.82, 2.24) is 15.1 Å². The van der Waals surface area contributed by atoms with E-state index in [0.717, 1.165) is 9.90 Å². The third kappa shape index (κ3) is 2.48. The molecule has 0 amide bonds. The molecule has 2 aromatic heterocycles. The van der Waals surface area contributed by atoms with Gasteiger partial charge in [0.25, 0.3) is 0 Å². The Kier molecular flexibility index (Phi) is 2.92. The fourth-order valence-corrected chi connectivity index (χ4v) is 2.93. The maximum Gasteiger partial charge on any atom is 0.223 e. The molecule has 5 nitrogen and oxygen atoms in total. The van der Waals surface area contributed by atoms with Crippen LogP contribution in [0.1, 0.15) is 17.4 Å². The van der Waals surface area contributed by atoms with Gasteiger partial charge in [0.1, 0.15) is 0 Å². The second kappa shape index (κ2) is 4.19. The topological polar surface area (TPSA) is 77.8 Å². The number of nitrogen functional groups attached to an aromatic ring is 1. The number of thioether (sulfide) groups is 1. The molecular weight excluding hydrogens is 232 g/mol. The number of nitrogens with two attached hydrogens (primary N) is 1. The van der Waals surface area contributed by atoms with E-state index in [0.29, 0.717) is 22.6 Å². The van der Waals surface area contributed by atoms with Crippen LogP contribution in [0.5, 0.6) is 0 Å². The Morgan fingerprint density at radius 1 is 1.40 bits per heavy atom. The zero-order chi connectivity index (χ0) is 10.8. The van der Waals surface area contributed by atoms with Gasteiger partial charge in [0.05, 0.1) is 15.7 Å². The van der Waals surface area contributed by atoms with Crippen molar-refractivity contribution in [3.05, 3.63) is 17.4 Å². The van der Waals surface area contributed by atoms with Crippen molar-refractivity contribution in [2.45, 2.75) is 23.8 Å². The highest BCUT2D eigenvalue weighted by Gasteiger charge is 2.08. The second-order valence-corrected chi connectivity index (χ2v) is 5.22. The van der Waals surface area contributed by atoms with Gasteiger partial charge in [-0.3, -0.25) is 0 Å². The van der Waals surface area contributed by atoms with Crippen LogP contribution in [0.2, 0.25) is 0 Å². The van der Waals surface area contributed by atoms with Gasteiger partial charge in [-0.2, -0.15) is 4.98 Å². The van der Waals surface area contributed by atoms with Crippen molar-refractivity contribution >= 4 is 28.2 Å². The summed E-state index contributed by atoms with van der Waals surface area (Å²) in [5.74, 6) is 1.97. The lowest BCUT2D eigenvalue weighted by atomic mass is 10.6. The molecule has 0 aromatic carbocycles. The number of rotatable bonds is 3. The number of thiazole rings is 1. The van der Waals surface area contributed by atoms with E-state index in [9.17, 15) is 0 Å². The summed E-state index contributed by atoms with van der Waals surface area (Å²) < 4.78 is 5.98. The highest BCUT2D eigenvalue weighted by atomic mass is 32.2. The summed E-state index contributed by atoms with van der Waals surface area (Å²) in [6, 6.07) is 0. The van der Waals surface area contributed by atoms with E-state index in [-0.39, 0.29) is 0 Å². The van der Waals surface area contributed by atoms with Crippen LogP contribution in [-0.4, -0.2) is 15.1 Å². The van der Waals surface area contributed by atoms with Gasteiger partial charge >= 0.3 is 0 Å². The van der Waals surface area contributed by atoms with Gasteiger partial charge in [0.2, 0.25) is 5.89 Å². The number of aromatic nitrogens is 3. The summed E-state index contributed by atoms with van der Waals surface area (Å²) >= 11 is 3.11. The smallest absolute Gasteiger partial charge is 0.223 e. The van der Waals surface area contributed by atoms with E-state index >= 15 is 0 Å². The van der Waals surface area contributed by atoms with E-state index in [1.165, 1.54) is 11.3 Å². The Bertz CT molecular complexity index is 465. The van der Waals surface area contributed by atoms with Crippen molar-refractivity contribution in [2.24, 2.45) is 0 Å². The molecule has 15 heavy (non-hydrogen) atoms. The van der Waals surface area contributed by atoms with Crippen LogP contribution in [0.15, 0.2) is 8.73 Å². The number of hydrogen-bond donors (Lipinski definition) is 1. The molecule has 0 unspecified atom stereocenters. The van der Waals surface area contributed by atoms with Gasteiger partial charge in [0.15, 0.2) is 11.0 Å². The molecule has 0 aliphatic carbocycles. The lowest BCUT2D eigenvalue weighted by molar-refractivity contribution is 0.389. The first kappa shape index (κ1) is 10.4. The number of aryl methyl sites for hydroxylation is 2. The summed E-state index contributed by atoms with van der Waals surface area (Å²) in [4.78, 5) is 8.26. The SMILES string of the molecule is Cc1nc(CSc2sc(N)nc2C)no1. The largest absolute Gasteiger partial charge is 0.375 e. The lowest BCUT2D eigenvalue weighted by Crippen LogP contribution is -1.83. The van der Waals surface area contributed by atoms with Gasteiger partial charge in [-0.05, 0) is 6.92 Å². The molecule has 0 aliphatic heterocycles. The Hall–Kier alpha value is -1.08. The third-order valence-electron chi connectivity index (χ3n) is 1.67. The first-order valence-electron chi connectivity index (χ1n) is 4.30. The van der Waals surface area contributed by atoms with E-state index in [4.69, 9.17) is 10.3 Å². The van der Waals surface area contributed by atoms with Crippen LogP contribution in [-0.2, 0) is 5.75 Å². The van der Waals surface area contributed by atoms with Crippen LogP contribution in [0, 0.1) is 13.8 Å². The standard InChI is InChI=1S/C8H10N4OS2/c1-4-7(15-8(9)10-4)14-3-6-11-5(2)13-12-6/h3H2,1-2H3,(H2,9,10). The van der Waals surface area contributed by atoms with E-state index in [1.54, 1.807) is 18.7 Å². The Balaban J connectivity index is 2.01. The van der Waals surface area contributed by atoms with Crippen LogP contribution in [0.4, 0.5) is 5.13 Å². The minimum absolute atomic E-state index is 0.589. The van der Waals surface area contributed by atoms with Crippen molar-refractivity contribution in [3.63, 3.8) is 0 Å². The van der Waals surface area contributed by atoms with Crippen LogP contribution in [0.25, 0.3) is 0 Å². The quantitative estimate of drug-likeness (QED) is 0.830. The van der Waals surface area contributed by atoms with Crippen LogP contribution < -0.4 is 5.73 Å².